The van der Waals surface area contributed by atoms with Crippen LogP contribution < -0.4 is 0 Å². The number of rotatable bonds is 3. The molecule has 0 aliphatic heterocycles. The molecule has 3 unspecified atom stereocenters. The van der Waals surface area contributed by atoms with E-state index in [0.29, 0.717) is 5.92 Å². The number of aryl methyl sites for hydroxylation is 1. The van der Waals surface area contributed by atoms with E-state index in [-0.39, 0.29) is 0 Å². The smallest absolute Gasteiger partial charge is 0.0690 e. The zero-order valence-electron chi connectivity index (χ0n) is 11.9. The van der Waals surface area contributed by atoms with Crippen molar-refractivity contribution in [3.63, 3.8) is 0 Å². The van der Waals surface area contributed by atoms with Crippen molar-refractivity contribution < 1.29 is 5.11 Å². The fourth-order valence-electron chi connectivity index (χ4n) is 3.12. The van der Waals surface area contributed by atoms with E-state index in [2.05, 4.69) is 45.0 Å². The molecule has 1 N–H and O–H groups in total. The summed E-state index contributed by atoms with van der Waals surface area (Å²) in [6, 6.07) is 8.74. The molecule has 1 aromatic carbocycles. The van der Waals surface area contributed by atoms with Gasteiger partial charge in [0.05, 0.1) is 5.60 Å². The van der Waals surface area contributed by atoms with E-state index in [4.69, 9.17) is 0 Å². The molecule has 2 rings (SSSR count). The molecule has 0 saturated heterocycles. The van der Waals surface area contributed by atoms with Gasteiger partial charge in [0.25, 0.3) is 0 Å². The zero-order valence-corrected chi connectivity index (χ0v) is 11.9. The van der Waals surface area contributed by atoms with Gasteiger partial charge in [-0.05, 0) is 48.6 Å². The first-order valence-electron chi connectivity index (χ1n) is 7.32. The van der Waals surface area contributed by atoms with E-state index in [1.54, 1.807) is 0 Å². The molecule has 1 nitrogen and oxygen atoms in total. The maximum atomic E-state index is 10.7. The summed E-state index contributed by atoms with van der Waals surface area (Å²) in [5.74, 6) is 1.39. The predicted octanol–water partition coefficient (Wildman–Crippen LogP) is 3.98. The molecular formula is C17H26O. The normalized spacial score (nSPS) is 32.4. The molecule has 1 heteroatoms. The van der Waals surface area contributed by atoms with Crippen molar-refractivity contribution in [1.29, 1.82) is 0 Å². The third-order valence-corrected chi connectivity index (χ3v) is 4.70. The molecule has 1 saturated carbocycles. The SMILES string of the molecule is CCc1ccc(CC2(O)CCC(C)C(C)C2)cc1. The van der Waals surface area contributed by atoms with Crippen molar-refractivity contribution in [3.8, 4) is 0 Å². The van der Waals surface area contributed by atoms with Gasteiger partial charge in [0.2, 0.25) is 0 Å². The summed E-state index contributed by atoms with van der Waals surface area (Å²) in [5, 5.41) is 10.7. The standard InChI is InChI=1S/C17H26O/c1-4-15-5-7-16(8-6-15)12-17(18)10-9-13(2)14(3)11-17/h5-8,13-14,18H,4,9-12H2,1-3H3. The highest BCUT2D eigenvalue weighted by atomic mass is 16.3. The number of hydrogen-bond acceptors (Lipinski definition) is 1. The second-order valence-electron chi connectivity index (χ2n) is 6.27. The average molecular weight is 246 g/mol. The van der Waals surface area contributed by atoms with Gasteiger partial charge in [-0.15, -0.1) is 0 Å². The molecule has 1 aromatic rings. The molecule has 1 aliphatic rings. The third kappa shape index (κ3) is 3.14. The van der Waals surface area contributed by atoms with Crippen LogP contribution in [-0.2, 0) is 12.8 Å². The van der Waals surface area contributed by atoms with Crippen molar-refractivity contribution in [2.45, 2.75) is 58.5 Å². The zero-order chi connectivity index (χ0) is 13.2. The number of hydrogen-bond donors (Lipinski definition) is 1. The van der Waals surface area contributed by atoms with E-state index in [9.17, 15) is 5.11 Å². The lowest BCUT2D eigenvalue weighted by molar-refractivity contribution is -0.0279. The summed E-state index contributed by atoms with van der Waals surface area (Å²) in [4.78, 5) is 0. The summed E-state index contributed by atoms with van der Waals surface area (Å²) in [7, 11) is 0. The van der Waals surface area contributed by atoms with E-state index >= 15 is 0 Å². The van der Waals surface area contributed by atoms with Crippen molar-refractivity contribution in [2.75, 3.05) is 0 Å². The Labute approximate surface area is 111 Å². The molecule has 0 bridgehead atoms. The highest BCUT2D eigenvalue weighted by molar-refractivity contribution is 5.24. The maximum Gasteiger partial charge on any atom is 0.0690 e. The highest BCUT2D eigenvalue weighted by Crippen LogP contribution is 2.38. The van der Waals surface area contributed by atoms with Gasteiger partial charge in [0.15, 0.2) is 0 Å². The lowest BCUT2D eigenvalue weighted by Gasteiger charge is -2.39. The summed E-state index contributed by atoms with van der Waals surface area (Å²) in [5.41, 5.74) is 2.17. The van der Waals surface area contributed by atoms with Crippen LogP contribution in [0, 0.1) is 11.8 Å². The molecule has 3 atom stereocenters. The monoisotopic (exact) mass is 246 g/mol. The average Bonchev–Trinajstić information content (AvgIpc) is 2.35. The van der Waals surface area contributed by atoms with Crippen LogP contribution in [-0.4, -0.2) is 10.7 Å². The minimum Gasteiger partial charge on any atom is -0.390 e. The summed E-state index contributed by atoms with van der Waals surface area (Å²) >= 11 is 0. The topological polar surface area (TPSA) is 20.2 Å². The Morgan fingerprint density at radius 1 is 1.11 bits per heavy atom. The fourth-order valence-corrected chi connectivity index (χ4v) is 3.12. The molecule has 0 heterocycles. The van der Waals surface area contributed by atoms with Gasteiger partial charge >= 0.3 is 0 Å². The van der Waals surface area contributed by atoms with Crippen LogP contribution in [0.3, 0.4) is 0 Å². The van der Waals surface area contributed by atoms with Gasteiger partial charge in [0, 0.05) is 6.42 Å². The number of benzene rings is 1. The first-order chi connectivity index (χ1) is 8.52. The quantitative estimate of drug-likeness (QED) is 0.855. The molecule has 18 heavy (non-hydrogen) atoms. The van der Waals surface area contributed by atoms with Gasteiger partial charge in [0.1, 0.15) is 0 Å². The van der Waals surface area contributed by atoms with Crippen molar-refractivity contribution in [1.82, 2.24) is 0 Å². The number of aliphatic hydroxyl groups is 1. The summed E-state index contributed by atoms with van der Waals surface area (Å²) < 4.78 is 0. The molecule has 1 aliphatic carbocycles. The molecule has 0 aromatic heterocycles. The van der Waals surface area contributed by atoms with Gasteiger partial charge in [-0.25, -0.2) is 0 Å². The van der Waals surface area contributed by atoms with Crippen LogP contribution in [0.1, 0.15) is 51.2 Å². The second kappa shape index (κ2) is 5.44. The van der Waals surface area contributed by atoms with Crippen LogP contribution in [0.15, 0.2) is 24.3 Å². The van der Waals surface area contributed by atoms with Gasteiger partial charge < -0.3 is 5.11 Å². The summed E-state index contributed by atoms with van der Waals surface area (Å²) in [6.45, 7) is 6.75. The predicted molar refractivity (Wildman–Crippen MR) is 76.7 cm³/mol. The molecule has 0 amide bonds. The van der Waals surface area contributed by atoms with Gasteiger partial charge in [-0.1, -0.05) is 45.0 Å². The van der Waals surface area contributed by atoms with Crippen molar-refractivity contribution in [2.24, 2.45) is 11.8 Å². The van der Waals surface area contributed by atoms with Crippen LogP contribution in [0.2, 0.25) is 0 Å². The third-order valence-electron chi connectivity index (χ3n) is 4.70. The Morgan fingerprint density at radius 2 is 1.72 bits per heavy atom. The van der Waals surface area contributed by atoms with Crippen molar-refractivity contribution >= 4 is 0 Å². The highest BCUT2D eigenvalue weighted by Gasteiger charge is 2.35. The Bertz CT molecular complexity index is 381. The van der Waals surface area contributed by atoms with Crippen LogP contribution in [0.4, 0.5) is 0 Å². The lowest BCUT2D eigenvalue weighted by atomic mass is 9.71. The molecule has 0 spiro atoms. The Balaban J connectivity index is 2.03. The largest absolute Gasteiger partial charge is 0.390 e. The van der Waals surface area contributed by atoms with Crippen LogP contribution in [0.25, 0.3) is 0 Å². The summed E-state index contributed by atoms with van der Waals surface area (Å²) in [6.07, 6.45) is 4.95. The van der Waals surface area contributed by atoms with E-state index in [1.807, 2.05) is 0 Å². The fraction of sp³-hybridized carbons (Fsp3) is 0.647. The van der Waals surface area contributed by atoms with Gasteiger partial charge in [-0.2, -0.15) is 0 Å². The first-order valence-corrected chi connectivity index (χ1v) is 7.32. The minimum absolute atomic E-state index is 0.473. The minimum atomic E-state index is -0.473. The second-order valence-corrected chi connectivity index (χ2v) is 6.27. The maximum absolute atomic E-state index is 10.7. The van der Waals surface area contributed by atoms with Crippen molar-refractivity contribution in [3.05, 3.63) is 35.4 Å². The molecule has 1 fully saturated rings. The van der Waals surface area contributed by atoms with E-state index in [0.717, 1.165) is 38.0 Å². The Morgan fingerprint density at radius 3 is 2.28 bits per heavy atom. The Kier molecular flexibility index (Phi) is 4.11. The Hall–Kier alpha value is -0.820. The van der Waals surface area contributed by atoms with E-state index < -0.39 is 5.60 Å². The van der Waals surface area contributed by atoms with Crippen LogP contribution in [0.5, 0.6) is 0 Å². The molecule has 100 valence electrons. The lowest BCUT2D eigenvalue weighted by Crippen LogP contribution is -2.39. The molecule has 0 radical (unpaired) electrons. The first kappa shape index (κ1) is 13.6. The van der Waals surface area contributed by atoms with E-state index in [1.165, 1.54) is 11.1 Å². The van der Waals surface area contributed by atoms with Crippen LogP contribution >= 0.6 is 0 Å². The molecular weight excluding hydrogens is 220 g/mol. The van der Waals surface area contributed by atoms with Gasteiger partial charge in [-0.3, -0.25) is 0 Å².